The summed E-state index contributed by atoms with van der Waals surface area (Å²) < 4.78 is 5.38. The summed E-state index contributed by atoms with van der Waals surface area (Å²) in [4.78, 5) is 0. The molecule has 0 aromatic rings. The average Bonchev–Trinajstić information content (AvgIpc) is 2.17. The molecular weight excluding hydrogens is 150 g/mol. The van der Waals surface area contributed by atoms with E-state index >= 15 is 0 Å². The van der Waals surface area contributed by atoms with Crippen LogP contribution in [0.4, 0.5) is 0 Å². The van der Waals surface area contributed by atoms with Gasteiger partial charge in [0.05, 0.1) is 11.6 Å². The number of nitriles is 1. The third-order valence-corrected chi connectivity index (χ3v) is 2.42. The SMILES string of the molecule is N#CC1=COC2=C(CCCC2)C1. The van der Waals surface area contributed by atoms with Crippen LogP contribution in [0.3, 0.4) is 0 Å². The Morgan fingerprint density at radius 1 is 1.33 bits per heavy atom. The Morgan fingerprint density at radius 2 is 2.17 bits per heavy atom. The smallest absolute Gasteiger partial charge is 0.105 e. The molecule has 0 bridgehead atoms. The maximum absolute atomic E-state index is 8.66. The zero-order valence-corrected chi connectivity index (χ0v) is 6.97. The van der Waals surface area contributed by atoms with Gasteiger partial charge in [-0.15, -0.1) is 0 Å². The summed E-state index contributed by atoms with van der Waals surface area (Å²) in [5.41, 5.74) is 2.11. The molecule has 62 valence electrons. The molecule has 0 saturated heterocycles. The molecule has 2 nitrogen and oxygen atoms in total. The number of allylic oxidation sites excluding steroid dienone is 3. The lowest BCUT2D eigenvalue weighted by atomic mass is 9.92. The molecule has 1 heterocycles. The van der Waals surface area contributed by atoms with Gasteiger partial charge in [-0.3, -0.25) is 0 Å². The van der Waals surface area contributed by atoms with Gasteiger partial charge >= 0.3 is 0 Å². The average molecular weight is 161 g/mol. The van der Waals surface area contributed by atoms with Gasteiger partial charge in [-0.25, -0.2) is 0 Å². The van der Waals surface area contributed by atoms with Crippen molar-refractivity contribution in [2.75, 3.05) is 0 Å². The molecule has 12 heavy (non-hydrogen) atoms. The van der Waals surface area contributed by atoms with Gasteiger partial charge in [-0.2, -0.15) is 5.26 Å². The first-order valence-electron chi connectivity index (χ1n) is 4.37. The molecule has 2 rings (SSSR count). The van der Waals surface area contributed by atoms with Crippen LogP contribution >= 0.6 is 0 Å². The third kappa shape index (κ3) is 1.23. The Balaban J connectivity index is 2.16. The summed E-state index contributed by atoms with van der Waals surface area (Å²) in [5, 5.41) is 8.66. The van der Waals surface area contributed by atoms with Crippen molar-refractivity contribution in [1.29, 1.82) is 5.26 Å². The predicted octanol–water partition coefficient (Wildman–Crippen LogP) is 2.64. The van der Waals surface area contributed by atoms with E-state index in [1.54, 1.807) is 6.26 Å². The molecule has 2 heteroatoms. The normalized spacial score (nSPS) is 22.1. The van der Waals surface area contributed by atoms with E-state index in [4.69, 9.17) is 10.00 Å². The second kappa shape index (κ2) is 3.02. The molecule has 0 aromatic carbocycles. The summed E-state index contributed by atoms with van der Waals surface area (Å²) in [6.45, 7) is 0. The quantitative estimate of drug-likeness (QED) is 0.547. The van der Waals surface area contributed by atoms with Crippen LogP contribution in [0.25, 0.3) is 0 Å². The van der Waals surface area contributed by atoms with E-state index in [1.165, 1.54) is 18.4 Å². The Labute approximate surface area is 72.1 Å². The molecule has 0 atom stereocenters. The van der Waals surface area contributed by atoms with Crippen molar-refractivity contribution in [1.82, 2.24) is 0 Å². The van der Waals surface area contributed by atoms with E-state index in [2.05, 4.69) is 6.07 Å². The second-order valence-corrected chi connectivity index (χ2v) is 3.28. The topological polar surface area (TPSA) is 33.0 Å². The molecule has 0 fully saturated rings. The van der Waals surface area contributed by atoms with E-state index in [1.807, 2.05) is 0 Å². The van der Waals surface area contributed by atoms with Crippen LogP contribution < -0.4 is 0 Å². The number of nitrogens with zero attached hydrogens (tertiary/aromatic N) is 1. The maximum Gasteiger partial charge on any atom is 0.105 e. The molecule has 0 aromatic heterocycles. The highest BCUT2D eigenvalue weighted by molar-refractivity contribution is 5.31. The fraction of sp³-hybridized carbons (Fsp3) is 0.500. The lowest BCUT2D eigenvalue weighted by Gasteiger charge is -2.22. The number of rotatable bonds is 0. The fourth-order valence-corrected chi connectivity index (χ4v) is 1.75. The number of ether oxygens (including phenoxy) is 1. The van der Waals surface area contributed by atoms with Crippen molar-refractivity contribution in [3.63, 3.8) is 0 Å². The minimum Gasteiger partial charge on any atom is -0.468 e. The van der Waals surface area contributed by atoms with Gasteiger partial charge in [-0.1, -0.05) is 0 Å². The van der Waals surface area contributed by atoms with Gasteiger partial charge < -0.3 is 4.74 Å². The zero-order chi connectivity index (χ0) is 8.39. The fourth-order valence-electron chi connectivity index (χ4n) is 1.75. The van der Waals surface area contributed by atoms with Gasteiger partial charge in [-0.05, 0) is 24.8 Å². The monoisotopic (exact) mass is 161 g/mol. The molecule has 1 aliphatic carbocycles. The van der Waals surface area contributed by atoms with E-state index in [9.17, 15) is 0 Å². The van der Waals surface area contributed by atoms with E-state index in [0.29, 0.717) is 0 Å². The molecule has 0 radical (unpaired) electrons. The van der Waals surface area contributed by atoms with Gasteiger partial charge in [0.25, 0.3) is 0 Å². The first-order valence-corrected chi connectivity index (χ1v) is 4.37. The van der Waals surface area contributed by atoms with Crippen LogP contribution in [0.1, 0.15) is 32.1 Å². The first-order chi connectivity index (χ1) is 5.90. The van der Waals surface area contributed by atoms with Gasteiger partial charge in [0.1, 0.15) is 12.0 Å². The standard InChI is InChI=1S/C10H11NO/c11-6-8-5-9-3-1-2-4-10(9)12-7-8/h7H,1-5H2. The lowest BCUT2D eigenvalue weighted by Crippen LogP contribution is -2.06. The van der Waals surface area contributed by atoms with Crippen LogP contribution in [0.5, 0.6) is 0 Å². The largest absolute Gasteiger partial charge is 0.468 e. The molecule has 0 amide bonds. The van der Waals surface area contributed by atoms with Crippen LogP contribution in [0.15, 0.2) is 23.2 Å². The molecule has 0 spiro atoms. The Morgan fingerprint density at radius 3 is 3.00 bits per heavy atom. The highest BCUT2D eigenvalue weighted by Crippen LogP contribution is 2.33. The lowest BCUT2D eigenvalue weighted by molar-refractivity contribution is 0.298. The number of hydrogen-bond acceptors (Lipinski definition) is 2. The summed E-state index contributed by atoms with van der Waals surface area (Å²) in [7, 11) is 0. The van der Waals surface area contributed by atoms with Crippen molar-refractivity contribution in [2.24, 2.45) is 0 Å². The zero-order valence-electron chi connectivity index (χ0n) is 6.97. The second-order valence-electron chi connectivity index (χ2n) is 3.28. The Kier molecular flexibility index (Phi) is 1.87. The van der Waals surface area contributed by atoms with Crippen LogP contribution in [0, 0.1) is 11.3 Å². The van der Waals surface area contributed by atoms with Crippen molar-refractivity contribution in [2.45, 2.75) is 32.1 Å². The molecule has 0 unspecified atom stereocenters. The molecule has 0 saturated carbocycles. The maximum atomic E-state index is 8.66. The van der Waals surface area contributed by atoms with E-state index in [0.717, 1.165) is 30.6 Å². The summed E-state index contributed by atoms with van der Waals surface area (Å²) in [6.07, 6.45) is 7.09. The summed E-state index contributed by atoms with van der Waals surface area (Å²) >= 11 is 0. The van der Waals surface area contributed by atoms with Crippen LogP contribution in [-0.2, 0) is 4.74 Å². The molecule has 2 aliphatic rings. The van der Waals surface area contributed by atoms with Crippen LogP contribution in [0.2, 0.25) is 0 Å². The minimum atomic E-state index is 0.760. The highest BCUT2D eigenvalue weighted by Gasteiger charge is 2.18. The molecule has 0 N–H and O–H groups in total. The van der Waals surface area contributed by atoms with Crippen LogP contribution in [-0.4, -0.2) is 0 Å². The van der Waals surface area contributed by atoms with Gasteiger partial charge in [0, 0.05) is 12.8 Å². The Hall–Kier alpha value is -1.23. The minimum absolute atomic E-state index is 0.760. The van der Waals surface area contributed by atoms with E-state index < -0.39 is 0 Å². The van der Waals surface area contributed by atoms with Crippen molar-refractivity contribution >= 4 is 0 Å². The van der Waals surface area contributed by atoms with Crippen molar-refractivity contribution < 1.29 is 4.74 Å². The van der Waals surface area contributed by atoms with Crippen molar-refractivity contribution in [3.05, 3.63) is 23.2 Å². The summed E-state index contributed by atoms with van der Waals surface area (Å²) in [5.74, 6) is 1.13. The predicted molar refractivity (Wildman–Crippen MR) is 44.9 cm³/mol. The first kappa shape index (κ1) is 7.42. The highest BCUT2D eigenvalue weighted by atomic mass is 16.5. The Bertz CT molecular complexity index is 293. The summed E-state index contributed by atoms with van der Waals surface area (Å²) in [6, 6.07) is 2.14. The van der Waals surface area contributed by atoms with Gasteiger partial charge in [0.2, 0.25) is 0 Å². The van der Waals surface area contributed by atoms with Gasteiger partial charge in [0.15, 0.2) is 0 Å². The third-order valence-electron chi connectivity index (χ3n) is 2.42. The molecular formula is C10H11NO. The number of hydrogen-bond donors (Lipinski definition) is 0. The van der Waals surface area contributed by atoms with E-state index in [-0.39, 0.29) is 0 Å². The van der Waals surface area contributed by atoms with Crippen molar-refractivity contribution in [3.8, 4) is 6.07 Å². The molecule has 1 aliphatic heterocycles.